The van der Waals surface area contributed by atoms with Crippen LogP contribution in [-0.2, 0) is 0 Å². The molecule has 0 unspecified atom stereocenters. The average Bonchev–Trinajstić information content (AvgIpc) is 2.68. The Balaban J connectivity index is 1.59. The first-order valence-electron chi connectivity index (χ1n) is 9.33. The minimum atomic E-state index is -0.388. The number of carbonyl (C=O) groups excluding carboxylic acids is 2. The Labute approximate surface area is 164 Å². The second-order valence-electron chi connectivity index (χ2n) is 7.05. The quantitative estimate of drug-likeness (QED) is 0.851. The topological polar surface area (TPSA) is 64.7 Å². The number of hydrogen-bond acceptors (Lipinski definition) is 3. The molecule has 28 heavy (non-hydrogen) atoms. The molecule has 0 aromatic heterocycles. The largest absolute Gasteiger partial charge is 0.336 e. The van der Waals surface area contributed by atoms with E-state index in [1.807, 2.05) is 18.9 Å². The number of hydrogen-bond donors (Lipinski definition) is 2. The van der Waals surface area contributed by atoms with E-state index in [0.29, 0.717) is 24.3 Å². The Bertz CT molecular complexity index is 833. The third-order valence-electron chi connectivity index (χ3n) is 4.88. The molecule has 3 rings (SSSR count). The van der Waals surface area contributed by atoms with Crippen LogP contribution in [0.4, 0.5) is 14.9 Å². The Morgan fingerprint density at radius 1 is 1.04 bits per heavy atom. The van der Waals surface area contributed by atoms with Gasteiger partial charge in [0.15, 0.2) is 0 Å². The zero-order chi connectivity index (χ0) is 20.1. The van der Waals surface area contributed by atoms with Crippen molar-refractivity contribution in [1.29, 1.82) is 0 Å². The number of anilines is 1. The lowest BCUT2D eigenvalue weighted by Crippen LogP contribution is -2.47. The summed E-state index contributed by atoms with van der Waals surface area (Å²) in [5, 5.41) is 5.56. The van der Waals surface area contributed by atoms with Gasteiger partial charge in [0, 0.05) is 37.4 Å². The van der Waals surface area contributed by atoms with Crippen molar-refractivity contribution >= 4 is 17.6 Å². The Kier molecular flexibility index (Phi) is 6.26. The van der Waals surface area contributed by atoms with Crippen molar-refractivity contribution in [2.75, 3.05) is 38.5 Å². The van der Waals surface area contributed by atoms with Crippen molar-refractivity contribution < 1.29 is 14.0 Å². The number of piperazine rings is 1. The number of carbonyl (C=O) groups is 2. The summed E-state index contributed by atoms with van der Waals surface area (Å²) in [6.45, 7) is 4.92. The van der Waals surface area contributed by atoms with Crippen LogP contribution in [0.3, 0.4) is 0 Å². The van der Waals surface area contributed by atoms with Crippen LogP contribution in [0.15, 0.2) is 48.5 Å². The van der Waals surface area contributed by atoms with Gasteiger partial charge >= 0.3 is 6.03 Å². The number of amides is 3. The smallest absolute Gasteiger partial charge is 0.319 e. The maximum atomic E-state index is 13.0. The van der Waals surface area contributed by atoms with Crippen molar-refractivity contribution in [3.63, 3.8) is 0 Å². The molecule has 0 bridgehead atoms. The van der Waals surface area contributed by atoms with Gasteiger partial charge < -0.3 is 20.4 Å². The third kappa shape index (κ3) is 5.07. The number of nitrogens with zero attached hydrogens (tertiary/aromatic N) is 2. The minimum Gasteiger partial charge on any atom is -0.336 e. The van der Waals surface area contributed by atoms with Crippen LogP contribution in [0.1, 0.15) is 28.9 Å². The van der Waals surface area contributed by atoms with E-state index >= 15 is 0 Å². The highest BCUT2D eigenvalue weighted by Crippen LogP contribution is 2.16. The van der Waals surface area contributed by atoms with E-state index in [2.05, 4.69) is 15.5 Å². The van der Waals surface area contributed by atoms with Crippen molar-refractivity contribution in [3.8, 4) is 0 Å². The second-order valence-corrected chi connectivity index (χ2v) is 7.05. The molecule has 1 saturated heterocycles. The molecule has 3 amide bonds. The molecular weight excluding hydrogens is 359 g/mol. The molecule has 1 heterocycles. The van der Waals surface area contributed by atoms with Gasteiger partial charge in [0.1, 0.15) is 5.82 Å². The molecule has 1 fully saturated rings. The van der Waals surface area contributed by atoms with Crippen LogP contribution in [-0.4, -0.2) is 55.0 Å². The third-order valence-corrected chi connectivity index (χ3v) is 4.88. The monoisotopic (exact) mass is 384 g/mol. The summed E-state index contributed by atoms with van der Waals surface area (Å²) < 4.78 is 13.0. The van der Waals surface area contributed by atoms with Gasteiger partial charge in [0.05, 0.1) is 6.04 Å². The van der Waals surface area contributed by atoms with Crippen LogP contribution < -0.4 is 10.6 Å². The van der Waals surface area contributed by atoms with Crippen LogP contribution >= 0.6 is 0 Å². The van der Waals surface area contributed by atoms with Crippen LogP contribution in [0.2, 0.25) is 0 Å². The molecule has 0 saturated carbocycles. The fourth-order valence-electron chi connectivity index (χ4n) is 3.12. The lowest BCUT2D eigenvalue weighted by atomic mass is 10.1. The summed E-state index contributed by atoms with van der Waals surface area (Å²) in [5.74, 6) is -0.348. The highest BCUT2D eigenvalue weighted by molar-refractivity contribution is 5.97. The molecule has 2 aromatic carbocycles. The Morgan fingerprint density at radius 3 is 2.39 bits per heavy atom. The van der Waals surface area contributed by atoms with Crippen molar-refractivity contribution in [2.24, 2.45) is 0 Å². The van der Waals surface area contributed by atoms with Gasteiger partial charge in [-0.15, -0.1) is 0 Å². The number of urea groups is 1. The predicted molar refractivity (Wildman–Crippen MR) is 107 cm³/mol. The van der Waals surface area contributed by atoms with Crippen LogP contribution in [0.5, 0.6) is 0 Å². The highest BCUT2D eigenvalue weighted by atomic mass is 19.1. The number of nitrogens with one attached hydrogen (secondary N) is 2. The van der Waals surface area contributed by atoms with Gasteiger partial charge in [-0.3, -0.25) is 4.79 Å². The molecule has 0 radical (unpaired) electrons. The summed E-state index contributed by atoms with van der Waals surface area (Å²) in [4.78, 5) is 29.0. The van der Waals surface area contributed by atoms with Gasteiger partial charge in [-0.2, -0.15) is 0 Å². The molecule has 0 spiro atoms. The predicted octanol–water partition coefficient (Wildman–Crippen LogP) is 3.10. The maximum Gasteiger partial charge on any atom is 0.319 e. The zero-order valence-corrected chi connectivity index (χ0v) is 16.1. The number of halogens is 1. The molecule has 1 aliphatic heterocycles. The van der Waals surface area contributed by atoms with E-state index in [1.54, 1.807) is 36.4 Å². The molecule has 1 atom stereocenters. The van der Waals surface area contributed by atoms with E-state index in [9.17, 15) is 14.0 Å². The lowest BCUT2D eigenvalue weighted by molar-refractivity contribution is 0.0664. The first-order valence-corrected chi connectivity index (χ1v) is 9.33. The number of rotatable bonds is 4. The average molecular weight is 384 g/mol. The van der Waals surface area contributed by atoms with Crippen LogP contribution in [0.25, 0.3) is 0 Å². The summed E-state index contributed by atoms with van der Waals surface area (Å²) in [6, 6.07) is 12.2. The first-order chi connectivity index (χ1) is 13.4. The van der Waals surface area contributed by atoms with Crippen molar-refractivity contribution in [2.45, 2.75) is 13.0 Å². The SMILES string of the molecule is C[C@H](NC(=O)Nc1cccc(C(=O)N2CCN(C)CC2)c1)c1ccc(F)cc1. The molecule has 2 N–H and O–H groups in total. The fourth-order valence-corrected chi connectivity index (χ4v) is 3.12. The van der Waals surface area contributed by atoms with Crippen molar-refractivity contribution in [3.05, 3.63) is 65.5 Å². The standard InChI is InChI=1S/C21H25FN4O2/c1-15(16-6-8-18(22)9-7-16)23-21(28)24-19-5-3-4-17(14-19)20(27)26-12-10-25(2)11-13-26/h3-9,14-15H,10-13H2,1-2H3,(H2,23,24,28)/t15-/m0/s1. The number of likely N-dealkylation sites (N-methyl/N-ethyl adjacent to an activating group) is 1. The summed E-state index contributed by atoms with van der Waals surface area (Å²) in [7, 11) is 2.04. The number of benzene rings is 2. The van der Waals surface area contributed by atoms with E-state index in [0.717, 1.165) is 18.7 Å². The molecule has 6 nitrogen and oxygen atoms in total. The van der Waals surface area contributed by atoms with E-state index in [4.69, 9.17) is 0 Å². The Morgan fingerprint density at radius 2 is 1.71 bits per heavy atom. The normalized spacial score (nSPS) is 15.8. The zero-order valence-electron chi connectivity index (χ0n) is 16.1. The molecular formula is C21H25FN4O2. The van der Waals surface area contributed by atoms with E-state index in [1.165, 1.54) is 12.1 Å². The molecule has 7 heteroatoms. The Hall–Kier alpha value is -2.93. The van der Waals surface area contributed by atoms with E-state index < -0.39 is 0 Å². The van der Waals surface area contributed by atoms with Gasteiger partial charge in [0.2, 0.25) is 0 Å². The maximum absolute atomic E-state index is 13.0. The van der Waals surface area contributed by atoms with Gasteiger partial charge in [-0.25, -0.2) is 9.18 Å². The lowest BCUT2D eigenvalue weighted by Gasteiger charge is -2.32. The van der Waals surface area contributed by atoms with Crippen molar-refractivity contribution in [1.82, 2.24) is 15.1 Å². The summed E-state index contributed by atoms with van der Waals surface area (Å²) in [6.07, 6.45) is 0. The van der Waals surface area contributed by atoms with Gasteiger partial charge in [-0.1, -0.05) is 18.2 Å². The summed E-state index contributed by atoms with van der Waals surface area (Å²) in [5.41, 5.74) is 1.90. The van der Waals surface area contributed by atoms with E-state index in [-0.39, 0.29) is 23.8 Å². The molecule has 148 valence electrons. The molecule has 2 aromatic rings. The van der Waals surface area contributed by atoms with Crippen LogP contribution in [0, 0.1) is 5.82 Å². The molecule has 1 aliphatic rings. The first kappa shape index (κ1) is 19.8. The fraction of sp³-hybridized carbons (Fsp3) is 0.333. The molecule has 0 aliphatic carbocycles. The highest BCUT2D eigenvalue weighted by Gasteiger charge is 2.20. The van der Waals surface area contributed by atoms with Gasteiger partial charge in [-0.05, 0) is 49.9 Å². The second kappa shape index (κ2) is 8.84. The van der Waals surface area contributed by atoms with Gasteiger partial charge in [0.25, 0.3) is 5.91 Å². The minimum absolute atomic E-state index is 0.0307. The summed E-state index contributed by atoms with van der Waals surface area (Å²) >= 11 is 0.